The molecule has 0 aliphatic rings. The minimum Gasteiger partial charge on any atom is -0.370 e. The van der Waals surface area contributed by atoms with Crippen LogP contribution in [0.25, 0.3) is 0 Å². The lowest BCUT2D eigenvalue weighted by Gasteiger charge is -2.11. The fraction of sp³-hybridized carbons (Fsp3) is 0.455. The van der Waals surface area contributed by atoms with E-state index in [1.54, 1.807) is 11.8 Å². The van der Waals surface area contributed by atoms with Gasteiger partial charge < -0.3 is 11.1 Å². The third-order valence-electron chi connectivity index (χ3n) is 2.21. The topological polar surface area (TPSA) is 72.2 Å². The van der Waals surface area contributed by atoms with Gasteiger partial charge in [0, 0.05) is 12.5 Å². The zero-order valence-electron chi connectivity index (χ0n) is 9.86. The van der Waals surface area contributed by atoms with Crippen molar-refractivity contribution in [2.75, 3.05) is 6.26 Å². The standard InChI is InChI=1S/C11H16N2O2S2/c1-7(3-5-9(12)14)13-11(15)8-4-6-10(16-2)17-8/h4,6-7H,3,5H2,1-2H3,(H2,12,14)(H,13,15). The highest BCUT2D eigenvalue weighted by Crippen LogP contribution is 2.25. The van der Waals surface area contributed by atoms with Gasteiger partial charge in [0.25, 0.3) is 5.91 Å². The van der Waals surface area contributed by atoms with E-state index in [1.165, 1.54) is 11.3 Å². The number of nitrogens with two attached hydrogens (primary N) is 1. The minimum absolute atomic E-state index is 0.0465. The second-order valence-electron chi connectivity index (χ2n) is 3.70. The van der Waals surface area contributed by atoms with E-state index in [0.717, 1.165) is 4.21 Å². The van der Waals surface area contributed by atoms with Gasteiger partial charge in [-0.1, -0.05) is 0 Å². The zero-order chi connectivity index (χ0) is 12.8. The van der Waals surface area contributed by atoms with E-state index in [0.29, 0.717) is 17.7 Å². The van der Waals surface area contributed by atoms with Crippen LogP contribution < -0.4 is 11.1 Å². The van der Waals surface area contributed by atoms with Crippen LogP contribution in [0.2, 0.25) is 0 Å². The van der Waals surface area contributed by atoms with E-state index in [2.05, 4.69) is 5.32 Å². The molecule has 0 bridgehead atoms. The van der Waals surface area contributed by atoms with E-state index in [4.69, 9.17) is 5.73 Å². The molecule has 1 aromatic rings. The fourth-order valence-electron chi connectivity index (χ4n) is 1.28. The quantitative estimate of drug-likeness (QED) is 0.776. The van der Waals surface area contributed by atoms with Gasteiger partial charge in [0.05, 0.1) is 9.09 Å². The average Bonchev–Trinajstić information content (AvgIpc) is 2.74. The van der Waals surface area contributed by atoms with Crippen LogP contribution in [0.3, 0.4) is 0 Å². The van der Waals surface area contributed by atoms with Crippen LogP contribution in [-0.2, 0) is 4.79 Å². The molecular weight excluding hydrogens is 256 g/mol. The highest BCUT2D eigenvalue weighted by molar-refractivity contribution is 8.00. The molecule has 0 saturated heterocycles. The number of primary amides is 1. The molecule has 0 aliphatic carbocycles. The Morgan fingerprint density at radius 3 is 2.76 bits per heavy atom. The molecule has 0 aromatic carbocycles. The lowest BCUT2D eigenvalue weighted by atomic mass is 10.2. The fourth-order valence-corrected chi connectivity index (χ4v) is 2.73. The molecule has 1 heterocycles. The molecule has 0 fully saturated rings. The van der Waals surface area contributed by atoms with Gasteiger partial charge in [-0.05, 0) is 31.7 Å². The van der Waals surface area contributed by atoms with Crippen LogP contribution >= 0.6 is 23.1 Å². The monoisotopic (exact) mass is 272 g/mol. The predicted octanol–water partition coefficient (Wildman–Crippen LogP) is 1.85. The van der Waals surface area contributed by atoms with E-state index in [1.807, 2.05) is 25.3 Å². The van der Waals surface area contributed by atoms with E-state index in [-0.39, 0.29) is 17.9 Å². The number of carbonyl (C=O) groups is 2. The summed E-state index contributed by atoms with van der Waals surface area (Å²) in [4.78, 5) is 23.1. The van der Waals surface area contributed by atoms with Crippen molar-refractivity contribution in [1.82, 2.24) is 5.32 Å². The molecule has 1 rings (SSSR count). The largest absolute Gasteiger partial charge is 0.370 e. The SMILES string of the molecule is CSc1ccc(C(=O)NC(C)CCC(N)=O)s1. The van der Waals surface area contributed by atoms with Crippen molar-refractivity contribution < 1.29 is 9.59 Å². The lowest BCUT2D eigenvalue weighted by molar-refractivity contribution is -0.118. The second kappa shape index (κ2) is 6.66. The highest BCUT2D eigenvalue weighted by Gasteiger charge is 2.12. The summed E-state index contributed by atoms with van der Waals surface area (Å²) in [5.41, 5.74) is 5.05. The normalized spacial score (nSPS) is 12.1. The maximum atomic E-state index is 11.8. The summed E-state index contributed by atoms with van der Waals surface area (Å²) in [5, 5.41) is 2.84. The lowest BCUT2D eigenvalue weighted by Crippen LogP contribution is -2.32. The maximum absolute atomic E-state index is 11.8. The first-order valence-corrected chi connectivity index (χ1v) is 7.30. The number of hydrogen-bond donors (Lipinski definition) is 2. The Labute approximate surface area is 109 Å². The summed E-state index contributed by atoms with van der Waals surface area (Å²) in [7, 11) is 0. The van der Waals surface area contributed by atoms with Gasteiger partial charge in [-0.2, -0.15) is 0 Å². The number of hydrogen-bond acceptors (Lipinski definition) is 4. The average molecular weight is 272 g/mol. The van der Waals surface area contributed by atoms with Crippen LogP contribution in [0.15, 0.2) is 16.3 Å². The van der Waals surface area contributed by atoms with Crippen LogP contribution in [-0.4, -0.2) is 24.1 Å². The van der Waals surface area contributed by atoms with Gasteiger partial charge in [0.1, 0.15) is 0 Å². The van der Waals surface area contributed by atoms with E-state index in [9.17, 15) is 9.59 Å². The zero-order valence-corrected chi connectivity index (χ0v) is 11.5. The van der Waals surface area contributed by atoms with Crippen LogP contribution in [0, 0.1) is 0 Å². The first-order chi connectivity index (χ1) is 8.02. The molecule has 17 heavy (non-hydrogen) atoms. The summed E-state index contributed by atoms with van der Waals surface area (Å²) >= 11 is 3.08. The van der Waals surface area contributed by atoms with Gasteiger partial charge in [-0.15, -0.1) is 23.1 Å². The smallest absolute Gasteiger partial charge is 0.261 e. The Morgan fingerprint density at radius 2 is 2.24 bits per heavy atom. The van der Waals surface area contributed by atoms with Crippen molar-refractivity contribution in [1.29, 1.82) is 0 Å². The van der Waals surface area contributed by atoms with Crippen molar-refractivity contribution in [2.45, 2.75) is 30.0 Å². The number of thioether (sulfide) groups is 1. The number of amides is 2. The molecule has 6 heteroatoms. The number of rotatable bonds is 6. The molecule has 3 N–H and O–H groups in total. The molecule has 2 amide bonds. The van der Waals surface area contributed by atoms with Crippen molar-refractivity contribution in [3.63, 3.8) is 0 Å². The summed E-state index contributed by atoms with van der Waals surface area (Å²) in [6.07, 6.45) is 2.84. The number of thiophene rings is 1. The number of nitrogens with one attached hydrogen (secondary N) is 1. The Balaban J connectivity index is 2.45. The molecule has 1 unspecified atom stereocenters. The van der Waals surface area contributed by atoms with E-state index >= 15 is 0 Å². The summed E-state index contributed by atoms with van der Waals surface area (Å²) < 4.78 is 1.11. The molecule has 4 nitrogen and oxygen atoms in total. The molecule has 0 aliphatic heterocycles. The maximum Gasteiger partial charge on any atom is 0.261 e. The van der Waals surface area contributed by atoms with Crippen molar-refractivity contribution >= 4 is 34.9 Å². The second-order valence-corrected chi connectivity index (χ2v) is 5.89. The van der Waals surface area contributed by atoms with Gasteiger partial charge >= 0.3 is 0 Å². The van der Waals surface area contributed by atoms with Crippen LogP contribution in [0.4, 0.5) is 0 Å². The van der Waals surface area contributed by atoms with Crippen molar-refractivity contribution in [3.05, 3.63) is 17.0 Å². The van der Waals surface area contributed by atoms with Crippen LogP contribution in [0.5, 0.6) is 0 Å². The Morgan fingerprint density at radius 1 is 1.53 bits per heavy atom. The molecular formula is C11H16N2O2S2. The van der Waals surface area contributed by atoms with Crippen molar-refractivity contribution in [2.24, 2.45) is 5.73 Å². The highest BCUT2D eigenvalue weighted by atomic mass is 32.2. The van der Waals surface area contributed by atoms with Gasteiger partial charge in [0.15, 0.2) is 0 Å². The molecule has 1 atom stereocenters. The third-order valence-corrected chi connectivity index (χ3v) is 4.37. The van der Waals surface area contributed by atoms with Crippen LogP contribution in [0.1, 0.15) is 29.4 Å². The molecule has 0 radical (unpaired) electrons. The number of carbonyl (C=O) groups excluding carboxylic acids is 2. The van der Waals surface area contributed by atoms with Crippen molar-refractivity contribution in [3.8, 4) is 0 Å². The molecule has 1 aromatic heterocycles. The summed E-state index contributed by atoms with van der Waals surface area (Å²) in [6.45, 7) is 1.87. The summed E-state index contributed by atoms with van der Waals surface area (Å²) in [6, 6.07) is 3.69. The Kier molecular flexibility index (Phi) is 5.50. The minimum atomic E-state index is -0.341. The van der Waals surface area contributed by atoms with Gasteiger partial charge in [0.2, 0.25) is 5.91 Å². The molecule has 0 saturated carbocycles. The Hall–Kier alpha value is -1.01. The summed E-state index contributed by atoms with van der Waals surface area (Å²) in [5.74, 6) is -0.431. The predicted molar refractivity (Wildman–Crippen MR) is 71.5 cm³/mol. The molecule has 0 spiro atoms. The third kappa shape index (κ3) is 4.79. The van der Waals surface area contributed by atoms with E-state index < -0.39 is 0 Å². The Bertz CT molecular complexity index is 404. The first-order valence-electron chi connectivity index (χ1n) is 5.26. The van der Waals surface area contributed by atoms with Gasteiger partial charge in [-0.3, -0.25) is 9.59 Å². The first kappa shape index (κ1) is 14.1. The molecule has 94 valence electrons. The van der Waals surface area contributed by atoms with Gasteiger partial charge in [-0.25, -0.2) is 0 Å².